The number of nitrogens with one attached hydrogen (secondary N) is 1. The summed E-state index contributed by atoms with van der Waals surface area (Å²) in [6.45, 7) is 1.11. The topological polar surface area (TPSA) is 110 Å². The summed E-state index contributed by atoms with van der Waals surface area (Å²) in [6.07, 6.45) is 3.51. The van der Waals surface area contributed by atoms with Gasteiger partial charge in [0.2, 0.25) is 5.95 Å². The molecule has 3 aromatic rings. The van der Waals surface area contributed by atoms with Crippen molar-refractivity contribution in [2.75, 3.05) is 24.7 Å². The van der Waals surface area contributed by atoms with Crippen molar-refractivity contribution in [3.63, 3.8) is 0 Å². The number of methoxy groups -OCH3 is 1. The maximum Gasteiger partial charge on any atom is 0.258 e. The van der Waals surface area contributed by atoms with E-state index in [4.69, 9.17) is 10.5 Å². The summed E-state index contributed by atoms with van der Waals surface area (Å²) < 4.78 is 5.22. The summed E-state index contributed by atoms with van der Waals surface area (Å²) in [5, 5.41) is 2.84. The number of ether oxygens (including phenoxy) is 1. The molecule has 0 aliphatic carbocycles. The van der Waals surface area contributed by atoms with Gasteiger partial charge in [-0.2, -0.15) is 0 Å². The van der Waals surface area contributed by atoms with Gasteiger partial charge in [0.05, 0.1) is 12.7 Å². The highest BCUT2D eigenvalue weighted by atomic mass is 16.5. The quantitative estimate of drug-likeness (QED) is 0.693. The van der Waals surface area contributed by atoms with Crippen molar-refractivity contribution in [1.82, 2.24) is 14.9 Å². The Kier molecular flexibility index (Phi) is 5.30. The number of benzene rings is 2. The molecule has 0 spiro atoms. The van der Waals surface area contributed by atoms with Crippen LogP contribution >= 0.6 is 0 Å². The molecule has 30 heavy (non-hydrogen) atoms. The Balaban J connectivity index is 1.49. The molecule has 0 fully saturated rings. The first kappa shape index (κ1) is 19.4. The van der Waals surface area contributed by atoms with Gasteiger partial charge in [-0.05, 0) is 47.9 Å². The van der Waals surface area contributed by atoms with Gasteiger partial charge in [0.1, 0.15) is 5.75 Å². The van der Waals surface area contributed by atoms with Gasteiger partial charge in [-0.25, -0.2) is 9.97 Å². The third-order valence-electron chi connectivity index (χ3n) is 5.01. The van der Waals surface area contributed by atoms with Crippen molar-refractivity contribution in [3.8, 4) is 5.75 Å². The van der Waals surface area contributed by atoms with Gasteiger partial charge in [-0.3, -0.25) is 9.59 Å². The smallest absolute Gasteiger partial charge is 0.258 e. The molecule has 3 N–H and O–H groups in total. The summed E-state index contributed by atoms with van der Waals surface area (Å²) in [5.74, 6) is 0.388. The number of nitrogens with zero attached hydrogens (tertiary/aromatic N) is 3. The zero-order valence-electron chi connectivity index (χ0n) is 16.5. The molecule has 0 saturated carbocycles. The molecular weight excluding hydrogens is 382 g/mol. The molecule has 2 heterocycles. The van der Waals surface area contributed by atoms with Crippen molar-refractivity contribution in [2.24, 2.45) is 0 Å². The van der Waals surface area contributed by atoms with Crippen molar-refractivity contribution in [1.29, 1.82) is 0 Å². The Bertz CT molecular complexity index is 1100. The zero-order chi connectivity index (χ0) is 21.1. The van der Waals surface area contributed by atoms with Gasteiger partial charge < -0.3 is 20.7 Å². The molecule has 1 aliphatic heterocycles. The average molecular weight is 403 g/mol. The number of rotatable bonds is 4. The Morgan fingerprint density at radius 2 is 1.87 bits per heavy atom. The summed E-state index contributed by atoms with van der Waals surface area (Å²) in [7, 11) is 1.58. The van der Waals surface area contributed by atoms with Gasteiger partial charge in [0, 0.05) is 36.7 Å². The van der Waals surface area contributed by atoms with Crippen LogP contribution in [-0.4, -0.2) is 40.3 Å². The number of carbonyl (C=O) groups is 2. The van der Waals surface area contributed by atoms with Crippen LogP contribution in [0.25, 0.3) is 0 Å². The van der Waals surface area contributed by atoms with Crippen LogP contribution in [0.1, 0.15) is 31.8 Å². The Labute approximate surface area is 173 Å². The van der Waals surface area contributed by atoms with Gasteiger partial charge in [-0.15, -0.1) is 0 Å². The number of fused-ring (bicyclic) bond motifs is 1. The maximum atomic E-state index is 12.9. The molecule has 0 bridgehead atoms. The predicted molar refractivity (Wildman–Crippen MR) is 112 cm³/mol. The van der Waals surface area contributed by atoms with Crippen LogP contribution in [0.3, 0.4) is 0 Å². The van der Waals surface area contributed by atoms with Gasteiger partial charge >= 0.3 is 0 Å². The number of hydrogen-bond acceptors (Lipinski definition) is 6. The molecule has 8 heteroatoms. The lowest BCUT2D eigenvalue weighted by Crippen LogP contribution is -2.36. The molecule has 0 unspecified atom stereocenters. The molecule has 1 aromatic heterocycles. The van der Waals surface area contributed by atoms with E-state index in [-0.39, 0.29) is 17.8 Å². The first-order chi connectivity index (χ1) is 14.5. The SMILES string of the molecule is COc1cccc(C(=O)N2CCc3ccc(NC(=O)c4cnc(N)nc4)cc3C2)c1. The standard InChI is InChI=1S/C22H21N5O3/c1-30-19-4-2-3-15(10-19)21(29)27-8-7-14-5-6-18(9-16(14)13-27)26-20(28)17-11-24-22(23)25-12-17/h2-6,9-12H,7-8,13H2,1H3,(H,26,28)(H2,23,24,25). The van der Waals surface area contributed by atoms with Crippen LogP contribution in [0.5, 0.6) is 5.75 Å². The number of anilines is 2. The van der Waals surface area contributed by atoms with Crippen molar-refractivity contribution < 1.29 is 14.3 Å². The van der Waals surface area contributed by atoms with Crippen molar-refractivity contribution >= 4 is 23.5 Å². The first-order valence-corrected chi connectivity index (χ1v) is 9.47. The Hall–Kier alpha value is -3.94. The fourth-order valence-electron chi connectivity index (χ4n) is 3.41. The molecular formula is C22H21N5O3. The number of amides is 2. The predicted octanol–water partition coefficient (Wildman–Crippen LogP) is 2.52. The summed E-state index contributed by atoms with van der Waals surface area (Å²) >= 11 is 0. The second kappa shape index (κ2) is 8.20. The van der Waals surface area contributed by atoms with E-state index in [0.717, 1.165) is 12.0 Å². The molecule has 0 atom stereocenters. The fourth-order valence-corrected chi connectivity index (χ4v) is 3.41. The normalized spacial score (nSPS) is 12.8. The summed E-state index contributed by atoms with van der Waals surface area (Å²) in [6, 6.07) is 12.9. The van der Waals surface area contributed by atoms with E-state index < -0.39 is 0 Å². The fraction of sp³-hybridized carbons (Fsp3) is 0.182. The molecule has 8 nitrogen and oxygen atoms in total. The first-order valence-electron chi connectivity index (χ1n) is 9.47. The molecule has 1 aliphatic rings. The Morgan fingerprint density at radius 1 is 1.07 bits per heavy atom. The Morgan fingerprint density at radius 3 is 2.63 bits per heavy atom. The minimum atomic E-state index is -0.324. The highest BCUT2D eigenvalue weighted by Crippen LogP contribution is 2.25. The molecule has 0 radical (unpaired) electrons. The number of carbonyl (C=O) groups excluding carboxylic acids is 2. The van der Waals surface area contributed by atoms with E-state index in [1.165, 1.54) is 18.0 Å². The van der Waals surface area contributed by atoms with Crippen LogP contribution in [-0.2, 0) is 13.0 Å². The number of aromatic nitrogens is 2. The zero-order valence-corrected chi connectivity index (χ0v) is 16.5. The minimum Gasteiger partial charge on any atom is -0.497 e. The van der Waals surface area contributed by atoms with Crippen LogP contribution in [0.4, 0.5) is 11.6 Å². The number of hydrogen-bond donors (Lipinski definition) is 2. The lowest BCUT2D eigenvalue weighted by atomic mass is 9.98. The lowest BCUT2D eigenvalue weighted by molar-refractivity contribution is 0.0734. The van der Waals surface area contributed by atoms with E-state index in [9.17, 15) is 9.59 Å². The van der Waals surface area contributed by atoms with Crippen LogP contribution in [0, 0.1) is 0 Å². The van der Waals surface area contributed by atoms with Crippen molar-refractivity contribution in [3.05, 3.63) is 77.1 Å². The molecule has 0 saturated heterocycles. The summed E-state index contributed by atoms with van der Waals surface area (Å²) in [4.78, 5) is 34.8. The highest BCUT2D eigenvalue weighted by Gasteiger charge is 2.22. The maximum absolute atomic E-state index is 12.9. The number of nitrogens with two attached hydrogens (primary N) is 1. The van der Waals surface area contributed by atoms with Crippen LogP contribution in [0.15, 0.2) is 54.9 Å². The van der Waals surface area contributed by atoms with Crippen LogP contribution in [0.2, 0.25) is 0 Å². The lowest BCUT2D eigenvalue weighted by Gasteiger charge is -2.29. The van der Waals surface area contributed by atoms with Gasteiger partial charge in [0.25, 0.3) is 11.8 Å². The second-order valence-electron chi connectivity index (χ2n) is 6.98. The van der Waals surface area contributed by atoms with Gasteiger partial charge in [-0.1, -0.05) is 12.1 Å². The molecule has 152 valence electrons. The van der Waals surface area contributed by atoms with E-state index in [0.29, 0.717) is 35.7 Å². The third-order valence-corrected chi connectivity index (χ3v) is 5.01. The van der Waals surface area contributed by atoms with Gasteiger partial charge in [0.15, 0.2) is 0 Å². The van der Waals surface area contributed by atoms with E-state index in [1.54, 1.807) is 30.2 Å². The largest absolute Gasteiger partial charge is 0.497 e. The van der Waals surface area contributed by atoms with E-state index >= 15 is 0 Å². The monoisotopic (exact) mass is 403 g/mol. The summed E-state index contributed by atoms with van der Waals surface area (Å²) in [5.41, 5.74) is 9.18. The molecule has 2 aromatic carbocycles. The number of nitrogen functional groups attached to an aromatic ring is 1. The average Bonchev–Trinajstić information content (AvgIpc) is 2.78. The second-order valence-corrected chi connectivity index (χ2v) is 6.98. The highest BCUT2D eigenvalue weighted by molar-refractivity contribution is 6.04. The minimum absolute atomic E-state index is 0.0481. The van der Waals surface area contributed by atoms with E-state index in [1.807, 2.05) is 24.3 Å². The van der Waals surface area contributed by atoms with E-state index in [2.05, 4.69) is 15.3 Å². The molecule has 4 rings (SSSR count). The molecule has 2 amide bonds. The van der Waals surface area contributed by atoms with Crippen molar-refractivity contribution in [2.45, 2.75) is 13.0 Å². The third kappa shape index (κ3) is 4.07. The van der Waals surface area contributed by atoms with Crippen LogP contribution < -0.4 is 15.8 Å².